The molecule has 1 aromatic heterocycles. The number of cyclic esters (lactones) is 1. The fourth-order valence-corrected chi connectivity index (χ4v) is 3.14. The van der Waals surface area contributed by atoms with Gasteiger partial charge >= 0.3 is 5.97 Å². The topological polar surface area (TPSA) is 64.7 Å². The molecule has 0 radical (unpaired) electrons. The first kappa shape index (κ1) is 17.8. The number of carbonyl (C=O) groups excluding carboxylic acids is 1. The number of rotatable bonds is 4. The number of carbonyl (C=O) groups is 1. The Balaban J connectivity index is 1.37. The minimum Gasteiger partial charge on any atom is -0.436 e. The van der Waals surface area contributed by atoms with Gasteiger partial charge in [0.15, 0.2) is 11.5 Å². The summed E-state index contributed by atoms with van der Waals surface area (Å²) in [5.74, 6) is 1.11. The molecule has 144 valence electrons. The summed E-state index contributed by atoms with van der Waals surface area (Å²) >= 11 is 0. The quantitative estimate of drug-likeness (QED) is 0.347. The van der Waals surface area contributed by atoms with Gasteiger partial charge in [-0.2, -0.15) is 0 Å². The van der Waals surface area contributed by atoms with E-state index < -0.39 is 5.97 Å². The van der Waals surface area contributed by atoms with Gasteiger partial charge in [0.1, 0.15) is 0 Å². The van der Waals surface area contributed by atoms with E-state index in [-0.39, 0.29) is 5.70 Å². The van der Waals surface area contributed by atoms with Crippen LogP contribution in [0.4, 0.5) is 0 Å². The molecule has 30 heavy (non-hydrogen) atoms. The first-order valence-electron chi connectivity index (χ1n) is 9.46. The van der Waals surface area contributed by atoms with Gasteiger partial charge in [0, 0.05) is 16.7 Å². The molecule has 2 heterocycles. The third-order valence-electron chi connectivity index (χ3n) is 4.67. The van der Waals surface area contributed by atoms with Crippen LogP contribution < -0.4 is 0 Å². The second-order valence-corrected chi connectivity index (χ2v) is 6.72. The molecule has 0 fully saturated rings. The molecule has 0 N–H and O–H groups in total. The summed E-state index contributed by atoms with van der Waals surface area (Å²) in [7, 11) is 0. The molecule has 0 bridgehead atoms. The van der Waals surface area contributed by atoms with E-state index in [0.717, 1.165) is 22.3 Å². The third kappa shape index (κ3) is 3.56. The SMILES string of the molecule is O=C1OC(c2ccccc2)=N/C1=C/c1ccc(-c2ncc(-c3ccccc3)o2)cc1. The molecule has 0 unspecified atom stereocenters. The highest BCUT2D eigenvalue weighted by Crippen LogP contribution is 2.27. The van der Waals surface area contributed by atoms with Crippen LogP contribution in [0.1, 0.15) is 11.1 Å². The summed E-state index contributed by atoms with van der Waals surface area (Å²) in [6.45, 7) is 0. The van der Waals surface area contributed by atoms with Gasteiger partial charge in [0.05, 0.1) is 6.20 Å². The van der Waals surface area contributed by atoms with Crippen LogP contribution in [0.3, 0.4) is 0 Å². The Morgan fingerprint density at radius 1 is 0.733 bits per heavy atom. The second kappa shape index (κ2) is 7.64. The van der Waals surface area contributed by atoms with Gasteiger partial charge in [-0.1, -0.05) is 60.7 Å². The highest BCUT2D eigenvalue weighted by molar-refractivity contribution is 6.12. The summed E-state index contributed by atoms with van der Waals surface area (Å²) in [4.78, 5) is 20.9. The van der Waals surface area contributed by atoms with E-state index in [1.54, 1.807) is 12.3 Å². The summed E-state index contributed by atoms with van der Waals surface area (Å²) in [6, 6.07) is 26.7. The molecule has 0 amide bonds. The van der Waals surface area contributed by atoms with Crippen molar-refractivity contribution < 1.29 is 13.9 Å². The van der Waals surface area contributed by atoms with Crippen molar-refractivity contribution in [3.63, 3.8) is 0 Å². The Bertz CT molecular complexity index is 1250. The molecule has 0 aliphatic carbocycles. The van der Waals surface area contributed by atoms with Crippen molar-refractivity contribution in [3.8, 4) is 22.8 Å². The van der Waals surface area contributed by atoms with E-state index in [0.29, 0.717) is 17.5 Å². The largest absolute Gasteiger partial charge is 0.436 e. The molecule has 5 nitrogen and oxygen atoms in total. The molecule has 0 saturated heterocycles. The number of hydrogen-bond donors (Lipinski definition) is 0. The maximum atomic E-state index is 12.2. The van der Waals surface area contributed by atoms with Crippen molar-refractivity contribution in [2.75, 3.05) is 0 Å². The van der Waals surface area contributed by atoms with Crippen molar-refractivity contribution in [2.24, 2.45) is 4.99 Å². The van der Waals surface area contributed by atoms with Crippen LogP contribution in [-0.2, 0) is 9.53 Å². The Hall–Kier alpha value is -4.25. The minimum absolute atomic E-state index is 0.268. The van der Waals surface area contributed by atoms with Crippen LogP contribution in [0.25, 0.3) is 28.9 Å². The summed E-state index contributed by atoms with van der Waals surface area (Å²) < 4.78 is 11.2. The Labute approximate surface area is 173 Å². The number of esters is 1. The predicted octanol–water partition coefficient (Wildman–Crippen LogP) is 5.35. The zero-order valence-electron chi connectivity index (χ0n) is 15.9. The molecule has 4 aromatic rings. The van der Waals surface area contributed by atoms with Crippen molar-refractivity contribution in [1.82, 2.24) is 4.98 Å². The van der Waals surface area contributed by atoms with Crippen molar-refractivity contribution in [3.05, 3.63) is 108 Å². The Morgan fingerprint density at radius 2 is 1.40 bits per heavy atom. The molecular weight excluding hydrogens is 376 g/mol. The number of aromatic nitrogens is 1. The Kier molecular flexibility index (Phi) is 4.54. The molecule has 0 atom stereocenters. The lowest BCUT2D eigenvalue weighted by atomic mass is 10.1. The van der Waals surface area contributed by atoms with Crippen molar-refractivity contribution >= 4 is 17.9 Å². The maximum Gasteiger partial charge on any atom is 0.363 e. The van der Waals surface area contributed by atoms with Gasteiger partial charge in [-0.05, 0) is 35.9 Å². The van der Waals surface area contributed by atoms with Gasteiger partial charge in [0.2, 0.25) is 11.8 Å². The second-order valence-electron chi connectivity index (χ2n) is 6.72. The summed E-state index contributed by atoms with van der Waals surface area (Å²) in [5.41, 5.74) is 3.69. The van der Waals surface area contributed by atoms with E-state index in [9.17, 15) is 4.79 Å². The molecule has 5 heteroatoms. The van der Waals surface area contributed by atoms with E-state index in [4.69, 9.17) is 9.15 Å². The fourth-order valence-electron chi connectivity index (χ4n) is 3.14. The molecule has 0 saturated carbocycles. The number of nitrogens with zero attached hydrogens (tertiary/aromatic N) is 2. The molecule has 1 aliphatic rings. The van der Waals surface area contributed by atoms with Crippen LogP contribution in [-0.4, -0.2) is 16.9 Å². The number of hydrogen-bond acceptors (Lipinski definition) is 5. The van der Waals surface area contributed by atoms with Crippen molar-refractivity contribution in [2.45, 2.75) is 0 Å². The van der Waals surface area contributed by atoms with Crippen LogP contribution in [0.2, 0.25) is 0 Å². The van der Waals surface area contributed by atoms with Crippen LogP contribution in [0.15, 0.2) is 106 Å². The molecule has 3 aromatic carbocycles. The zero-order valence-corrected chi connectivity index (χ0v) is 15.9. The fraction of sp³-hybridized carbons (Fsp3) is 0. The summed E-state index contributed by atoms with van der Waals surface area (Å²) in [6.07, 6.45) is 3.42. The van der Waals surface area contributed by atoms with Gasteiger partial charge in [-0.3, -0.25) is 0 Å². The van der Waals surface area contributed by atoms with Gasteiger partial charge in [-0.15, -0.1) is 0 Å². The molecule has 5 rings (SSSR count). The minimum atomic E-state index is -0.460. The van der Waals surface area contributed by atoms with E-state index in [1.165, 1.54) is 0 Å². The highest BCUT2D eigenvalue weighted by Gasteiger charge is 2.23. The van der Waals surface area contributed by atoms with Crippen LogP contribution in [0, 0.1) is 0 Å². The van der Waals surface area contributed by atoms with E-state index in [1.807, 2.05) is 84.9 Å². The van der Waals surface area contributed by atoms with Crippen molar-refractivity contribution in [1.29, 1.82) is 0 Å². The number of oxazole rings is 1. The number of aliphatic imine (C=N–C) groups is 1. The van der Waals surface area contributed by atoms with Gasteiger partial charge in [-0.25, -0.2) is 14.8 Å². The molecular formula is C25H16N2O3. The monoisotopic (exact) mass is 392 g/mol. The first-order chi connectivity index (χ1) is 14.8. The smallest absolute Gasteiger partial charge is 0.363 e. The molecule has 1 aliphatic heterocycles. The lowest BCUT2D eigenvalue weighted by Gasteiger charge is -1.98. The standard InChI is InChI=1S/C25H16N2O3/c28-25-21(27-24(30-25)19-9-5-2-6-10-19)15-17-11-13-20(14-12-17)23-26-16-22(29-23)18-7-3-1-4-8-18/h1-16H/b21-15+. The van der Waals surface area contributed by atoms with Gasteiger partial charge < -0.3 is 9.15 Å². The lowest BCUT2D eigenvalue weighted by molar-refractivity contribution is -0.129. The number of benzene rings is 3. The van der Waals surface area contributed by atoms with E-state index >= 15 is 0 Å². The normalized spacial score (nSPS) is 14.6. The molecule has 0 spiro atoms. The zero-order chi connectivity index (χ0) is 20.3. The predicted molar refractivity (Wildman–Crippen MR) is 114 cm³/mol. The average Bonchev–Trinajstić information content (AvgIpc) is 3.43. The van der Waals surface area contributed by atoms with Crippen LogP contribution in [0.5, 0.6) is 0 Å². The lowest BCUT2D eigenvalue weighted by Crippen LogP contribution is -2.04. The third-order valence-corrected chi connectivity index (χ3v) is 4.67. The summed E-state index contributed by atoms with van der Waals surface area (Å²) in [5, 5.41) is 0. The highest BCUT2D eigenvalue weighted by atomic mass is 16.6. The average molecular weight is 392 g/mol. The number of ether oxygens (including phenoxy) is 1. The maximum absolute atomic E-state index is 12.2. The Morgan fingerprint density at radius 3 is 2.10 bits per heavy atom. The first-order valence-corrected chi connectivity index (χ1v) is 9.46. The van der Waals surface area contributed by atoms with E-state index in [2.05, 4.69) is 9.98 Å². The van der Waals surface area contributed by atoms with Gasteiger partial charge in [0.25, 0.3) is 0 Å². The van der Waals surface area contributed by atoms with Crippen LogP contribution >= 0.6 is 0 Å².